The number of rotatable bonds is 7. The van der Waals surface area contributed by atoms with Gasteiger partial charge in [-0.3, -0.25) is 4.79 Å². The van der Waals surface area contributed by atoms with Gasteiger partial charge in [0.2, 0.25) is 16.4 Å². The van der Waals surface area contributed by atoms with Crippen LogP contribution in [0.2, 0.25) is 0 Å². The highest BCUT2D eigenvalue weighted by molar-refractivity contribution is 7.93. The van der Waals surface area contributed by atoms with Crippen LogP contribution in [0.25, 0.3) is 0 Å². The highest BCUT2D eigenvalue weighted by Crippen LogP contribution is 2.36. The highest BCUT2D eigenvalue weighted by atomic mass is 32.2. The van der Waals surface area contributed by atoms with Crippen LogP contribution < -0.4 is 5.73 Å². The molecule has 0 unspecified atom stereocenters. The van der Waals surface area contributed by atoms with Gasteiger partial charge in [0.25, 0.3) is 5.91 Å². The van der Waals surface area contributed by atoms with Crippen LogP contribution in [0.4, 0.5) is 9.39 Å². The largest absolute Gasteiger partial charge is 0.372 e. The minimum atomic E-state index is -4.03. The number of hydrogen-bond acceptors (Lipinski definition) is 6. The third kappa shape index (κ3) is 4.14. The fourth-order valence-electron chi connectivity index (χ4n) is 2.07. The van der Waals surface area contributed by atoms with Crippen molar-refractivity contribution in [2.45, 2.75) is 28.6 Å². The van der Waals surface area contributed by atoms with E-state index < -0.39 is 27.2 Å². The molecule has 1 aromatic carbocycles. The fourth-order valence-corrected chi connectivity index (χ4v) is 4.83. The summed E-state index contributed by atoms with van der Waals surface area (Å²) in [4.78, 5) is 24.0. The molecule has 0 aliphatic rings. The van der Waals surface area contributed by atoms with E-state index in [0.29, 0.717) is 16.1 Å². The Morgan fingerprint density at radius 2 is 1.88 bits per heavy atom. The van der Waals surface area contributed by atoms with Gasteiger partial charge in [0.15, 0.2) is 0 Å². The summed E-state index contributed by atoms with van der Waals surface area (Å²) in [5, 5.41) is -0.122. The normalized spacial score (nSPS) is 12.2. The van der Waals surface area contributed by atoms with Crippen LogP contribution in [0.3, 0.4) is 0 Å². The molecular formula is C16H18FN2O5S2+. The van der Waals surface area contributed by atoms with E-state index in [1.165, 1.54) is 7.11 Å². The van der Waals surface area contributed by atoms with E-state index in [2.05, 4.69) is 0 Å². The lowest BCUT2D eigenvalue weighted by molar-refractivity contribution is -0.479. The van der Waals surface area contributed by atoms with Gasteiger partial charge in [-0.05, 0) is 44.2 Å². The lowest BCUT2D eigenvalue weighted by Gasteiger charge is -2.16. The number of carbonyl (C=O) groups is 1. The number of ether oxygens (including phenoxy) is 1. The zero-order chi connectivity index (χ0) is 19.7. The maximum Gasteiger partial charge on any atom is 0.325 e. The number of halogens is 1. The molecule has 0 fully saturated rings. The van der Waals surface area contributed by atoms with Crippen molar-refractivity contribution in [1.82, 2.24) is 0 Å². The minimum absolute atomic E-state index is 0.122. The number of nitrogens with two attached hydrogens (primary N) is 1. The molecule has 1 amide bonds. The smallest absolute Gasteiger partial charge is 0.325 e. The van der Waals surface area contributed by atoms with E-state index >= 15 is 0 Å². The SMILES string of the molecule is COC(C)(C)C[N+](=O)c1sc(S(=O)(=O)c2ccc(F)cc2)cc1C(N)=O. The molecule has 1 heterocycles. The molecule has 0 bridgehead atoms. The van der Waals surface area contributed by atoms with Gasteiger partial charge >= 0.3 is 5.00 Å². The van der Waals surface area contributed by atoms with Gasteiger partial charge in [0, 0.05) is 12.0 Å². The third-order valence-electron chi connectivity index (χ3n) is 3.65. The number of primary amides is 1. The van der Waals surface area contributed by atoms with Gasteiger partial charge < -0.3 is 10.5 Å². The molecule has 0 atom stereocenters. The van der Waals surface area contributed by atoms with Gasteiger partial charge in [-0.1, -0.05) is 11.3 Å². The fraction of sp³-hybridized carbons (Fsp3) is 0.312. The second kappa shape index (κ2) is 7.22. The number of nitroso groups, excluding NO2 is 1. The van der Waals surface area contributed by atoms with Crippen LogP contribution >= 0.6 is 11.3 Å². The molecule has 140 valence electrons. The van der Waals surface area contributed by atoms with Crippen molar-refractivity contribution >= 4 is 32.1 Å². The molecule has 2 rings (SSSR count). The molecule has 0 saturated carbocycles. The average Bonchev–Trinajstić information content (AvgIpc) is 3.01. The van der Waals surface area contributed by atoms with Gasteiger partial charge in [0.05, 0.1) is 9.66 Å². The number of thiophene rings is 1. The number of hydrogen-bond donors (Lipinski definition) is 1. The number of carbonyl (C=O) groups excluding carboxylic acids is 1. The summed E-state index contributed by atoms with van der Waals surface area (Å²) < 4.78 is 43.8. The number of nitrogens with zero attached hydrogens (tertiary/aromatic N) is 1. The first-order chi connectivity index (χ1) is 12.0. The predicted octanol–water partition coefficient (Wildman–Crippen LogP) is 2.65. The number of benzene rings is 1. The van der Waals surface area contributed by atoms with E-state index in [1.807, 2.05) is 0 Å². The van der Waals surface area contributed by atoms with Crippen molar-refractivity contribution in [3.05, 3.63) is 46.6 Å². The summed E-state index contributed by atoms with van der Waals surface area (Å²) in [5.41, 5.74) is 4.27. The van der Waals surface area contributed by atoms with Crippen molar-refractivity contribution in [3.8, 4) is 0 Å². The average molecular weight is 401 g/mol. The Morgan fingerprint density at radius 1 is 1.31 bits per heavy atom. The third-order valence-corrected chi connectivity index (χ3v) is 7.03. The number of sulfone groups is 1. The van der Waals surface area contributed by atoms with E-state index in [9.17, 15) is 22.5 Å². The monoisotopic (exact) mass is 401 g/mol. The maximum atomic E-state index is 13.0. The Morgan fingerprint density at radius 3 is 2.38 bits per heavy atom. The van der Waals surface area contributed by atoms with Crippen LogP contribution in [0.15, 0.2) is 39.4 Å². The molecular weight excluding hydrogens is 383 g/mol. The van der Waals surface area contributed by atoms with Crippen molar-refractivity contribution in [2.75, 3.05) is 13.7 Å². The summed E-state index contributed by atoms with van der Waals surface area (Å²) in [5.74, 6) is -1.51. The first kappa shape index (κ1) is 20.1. The summed E-state index contributed by atoms with van der Waals surface area (Å²) >= 11 is 0.628. The molecule has 2 aromatic rings. The van der Waals surface area contributed by atoms with Crippen LogP contribution in [-0.4, -0.2) is 38.3 Å². The van der Waals surface area contributed by atoms with E-state index in [0.717, 1.165) is 30.3 Å². The van der Waals surface area contributed by atoms with Crippen molar-refractivity contribution in [2.24, 2.45) is 5.73 Å². The highest BCUT2D eigenvalue weighted by Gasteiger charge is 2.35. The molecule has 10 heteroatoms. The summed E-state index contributed by atoms with van der Waals surface area (Å²) in [6.07, 6.45) is 0. The standard InChI is InChI=1S/C16H17FN2O5S2/c1-16(2,24-3)9-19(21)15-12(14(18)20)8-13(25-15)26(22,23)11-6-4-10(17)5-7-11/h4-8H,9H2,1-3H3,(H-,18,20)/p+1. The van der Waals surface area contributed by atoms with Gasteiger partial charge in [-0.25, -0.2) is 12.8 Å². The summed E-state index contributed by atoms with van der Waals surface area (Å²) in [6, 6.07) is 5.30. The van der Waals surface area contributed by atoms with Gasteiger partial charge in [-0.15, -0.1) is 0 Å². The molecule has 1 aromatic heterocycles. The second-order valence-electron chi connectivity index (χ2n) is 6.11. The Hall–Kier alpha value is -2.17. The second-order valence-corrected chi connectivity index (χ2v) is 9.31. The first-order valence-electron chi connectivity index (χ1n) is 7.42. The quantitative estimate of drug-likeness (QED) is 0.567. The Kier molecular flexibility index (Phi) is 5.59. The lowest BCUT2D eigenvalue weighted by Crippen LogP contribution is -2.32. The van der Waals surface area contributed by atoms with Crippen molar-refractivity contribution in [1.29, 1.82) is 0 Å². The van der Waals surface area contributed by atoms with E-state index in [1.54, 1.807) is 13.8 Å². The van der Waals surface area contributed by atoms with E-state index in [-0.39, 0.29) is 26.2 Å². The van der Waals surface area contributed by atoms with Crippen LogP contribution in [0, 0.1) is 10.7 Å². The number of amides is 1. The van der Waals surface area contributed by atoms with Crippen molar-refractivity contribution in [3.63, 3.8) is 0 Å². The number of methoxy groups -OCH3 is 1. The molecule has 0 aliphatic heterocycles. The summed E-state index contributed by atoms with van der Waals surface area (Å²) in [7, 11) is -2.59. The Labute approximate surface area is 154 Å². The topological polar surface area (TPSA) is 107 Å². The van der Waals surface area contributed by atoms with Crippen LogP contribution in [0.5, 0.6) is 0 Å². The molecule has 0 radical (unpaired) electrons. The van der Waals surface area contributed by atoms with Crippen LogP contribution in [-0.2, 0) is 14.6 Å². The summed E-state index contributed by atoms with van der Waals surface area (Å²) in [6.45, 7) is 3.21. The molecule has 7 nitrogen and oxygen atoms in total. The molecule has 0 aliphatic carbocycles. The predicted molar refractivity (Wildman–Crippen MR) is 93.9 cm³/mol. The zero-order valence-corrected chi connectivity index (χ0v) is 16.0. The van der Waals surface area contributed by atoms with E-state index in [4.69, 9.17) is 10.5 Å². The Bertz CT molecular complexity index is 950. The lowest BCUT2D eigenvalue weighted by atomic mass is 10.1. The molecule has 26 heavy (non-hydrogen) atoms. The zero-order valence-electron chi connectivity index (χ0n) is 14.4. The van der Waals surface area contributed by atoms with Crippen molar-refractivity contribution < 1.29 is 27.1 Å². The van der Waals surface area contributed by atoms with Gasteiger partial charge in [-0.2, -0.15) is 0 Å². The molecule has 2 N–H and O–H groups in total. The molecule has 0 saturated heterocycles. The molecule has 0 spiro atoms. The maximum absolute atomic E-state index is 13.0. The first-order valence-corrected chi connectivity index (χ1v) is 9.72. The Balaban J connectivity index is 2.51. The van der Waals surface area contributed by atoms with Crippen LogP contribution in [0.1, 0.15) is 24.2 Å². The minimum Gasteiger partial charge on any atom is -0.372 e. The van der Waals surface area contributed by atoms with Gasteiger partial charge in [0.1, 0.15) is 21.2 Å².